The van der Waals surface area contributed by atoms with Crippen LogP contribution in [-0.2, 0) is 4.74 Å². The van der Waals surface area contributed by atoms with Crippen molar-refractivity contribution in [1.82, 2.24) is 10.2 Å². The highest BCUT2D eigenvalue weighted by Gasteiger charge is 2.29. The Hall–Kier alpha value is -1.55. The topological polar surface area (TPSA) is 41.6 Å². The predicted molar refractivity (Wildman–Crippen MR) is 93.7 cm³/mol. The lowest BCUT2D eigenvalue weighted by molar-refractivity contribution is 0.0465. The second-order valence-corrected chi connectivity index (χ2v) is 7.45. The molecule has 128 valence electrons. The summed E-state index contributed by atoms with van der Waals surface area (Å²) in [7, 11) is 0. The van der Waals surface area contributed by atoms with Gasteiger partial charge in [-0.2, -0.15) is 0 Å². The molecule has 1 aliphatic rings. The zero-order valence-electron chi connectivity index (χ0n) is 14.8. The summed E-state index contributed by atoms with van der Waals surface area (Å²) >= 11 is 0. The van der Waals surface area contributed by atoms with Crippen LogP contribution in [0.5, 0.6) is 0 Å². The third-order valence-electron chi connectivity index (χ3n) is 4.06. The number of likely N-dealkylation sites (tertiary alicyclic amines) is 1. The molecule has 1 saturated heterocycles. The number of benzene rings is 1. The highest BCUT2D eigenvalue weighted by atomic mass is 16.6. The Morgan fingerprint density at radius 1 is 1.26 bits per heavy atom. The minimum atomic E-state index is -0.458. The van der Waals surface area contributed by atoms with E-state index in [1.54, 1.807) is 0 Å². The number of carbonyl (C=O) groups excluding carboxylic acids is 1. The van der Waals surface area contributed by atoms with Crippen molar-refractivity contribution < 1.29 is 9.53 Å². The van der Waals surface area contributed by atoms with Crippen molar-refractivity contribution in [2.45, 2.75) is 58.1 Å². The van der Waals surface area contributed by atoms with Gasteiger partial charge in [-0.25, -0.2) is 4.79 Å². The third-order valence-corrected chi connectivity index (χ3v) is 4.06. The van der Waals surface area contributed by atoms with Crippen LogP contribution in [0.2, 0.25) is 0 Å². The average Bonchev–Trinajstić information content (AvgIpc) is 2.46. The number of amides is 1. The molecule has 4 heteroatoms. The van der Waals surface area contributed by atoms with Gasteiger partial charge in [0.15, 0.2) is 0 Å². The second-order valence-electron chi connectivity index (χ2n) is 7.45. The molecule has 2 unspecified atom stereocenters. The summed E-state index contributed by atoms with van der Waals surface area (Å²) in [6, 6.07) is 10.7. The molecule has 0 aliphatic carbocycles. The Kier molecular flexibility index (Phi) is 6.05. The number of hydrogen-bond acceptors (Lipinski definition) is 3. The van der Waals surface area contributed by atoms with Gasteiger partial charge in [-0.3, -0.25) is 0 Å². The summed E-state index contributed by atoms with van der Waals surface area (Å²) in [4.78, 5) is 14.5. The van der Waals surface area contributed by atoms with Crippen LogP contribution in [0.3, 0.4) is 0 Å². The minimum Gasteiger partial charge on any atom is -0.444 e. The van der Waals surface area contributed by atoms with Gasteiger partial charge in [0.2, 0.25) is 0 Å². The molecule has 0 aromatic heterocycles. The van der Waals surface area contributed by atoms with Gasteiger partial charge in [-0.15, -0.1) is 0 Å². The van der Waals surface area contributed by atoms with Crippen LogP contribution in [0.1, 0.15) is 52.0 Å². The van der Waals surface area contributed by atoms with E-state index >= 15 is 0 Å². The van der Waals surface area contributed by atoms with E-state index in [1.807, 2.05) is 26.8 Å². The molecule has 0 spiro atoms. The van der Waals surface area contributed by atoms with Crippen LogP contribution in [-0.4, -0.2) is 42.3 Å². The zero-order chi connectivity index (χ0) is 16.9. The molecule has 1 aromatic carbocycles. The normalized spacial score (nSPS) is 22.6. The average molecular weight is 318 g/mol. The molecule has 1 fully saturated rings. The summed E-state index contributed by atoms with van der Waals surface area (Å²) in [6.07, 6.45) is 1.78. The first kappa shape index (κ1) is 17.8. The Morgan fingerprint density at radius 2 is 1.96 bits per heavy atom. The number of piperidine rings is 1. The van der Waals surface area contributed by atoms with Crippen molar-refractivity contribution in [3.8, 4) is 0 Å². The van der Waals surface area contributed by atoms with Crippen molar-refractivity contribution in [2.75, 3.05) is 19.6 Å². The number of alkyl carbamates (subject to hydrolysis) is 1. The number of carbonyl (C=O) groups is 1. The molecule has 2 atom stereocenters. The van der Waals surface area contributed by atoms with Gasteiger partial charge in [0.25, 0.3) is 0 Å². The maximum absolute atomic E-state index is 12.1. The number of nitrogens with one attached hydrogen (secondary N) is 1. The quantitative estimate of drug-likeness (QED) is 0.918. The molecule has 1 aromatic rings. The molecule has 1 aliphatic heterocycles. The van der Waals surface area contributed by atoms with E-state index in [0.717, 1.165) is 32.5 Å². The van der Waals surface area contributed by atoms with Gasteiger partial charge in [-0.1, -0.05) is 37.3 Å². The number of nitrogens with zero attached hydrogens (tertiary/aromatic N) is 1. The van der Waals surface area contributed by atoms with Crippen molar-refractivity contribution >= 4 is 6.09 Å². The fourth-order valence-electron chi connectivity index (χ4n) is 3.23. The zero-order valence-corrected chi connectivity index (χ0v) is 14.8. The van der Waals surface area contributed by atoms with E-state index in [0.29, 0.717) is 5.92 Å². The summed E-state index contributed by atoms with van der Waals surface area (Å²) in [5.41, 5.74) is 0.894. The highest BCUT2D eigenvalue weighted by molar-refractivity contribution is 5.68. The Bertz CT molecular complexity index is 496. The second kappa shape index (κ2) is 7.82. The molecular weight excluding hydrogens is 288 g/mol. The van der Waals surface area contributed by atoms with Gasteiger partial charge in [0.1, 0.15) is 5.60 Å². The van der Waals surface area contributed by atoms with Crippen LogP contribution >= 0.6 is 0 Å². The van der Waals surface area contributed by atoms with Crippen LogP contribution < -0.4 is 5.32 Å². The third kappa shape index (κ3) is 5.87. The molecule has 0 radical (unpaired) electrons. The van der Waals surface area contributed by atoms with Crippen molar-refractivity contribution in [3.63, 3.8) is 0 Å². The minimum absolute atomic E-state index is 0.135. The van der Waals surface area contributed by atoms with E-state index in [9.17, 15) is 4.79 Å². The van der Waals surface area contributed by atoms with Crippen molar-refractivity contribution in [1.29, 1.82) is 0 Å². The summed E-state index contributed by atoms with van der Waals surface area (Å²) < 4.78 is 5.41. The molecule has 0 bridgehead atoms. The van der Waals surface area contributed by atoms with Crippen LogP contribution in [0, 0.1) is 0 Å². The first-order chi connectivity index (χ1) is 10.9. The standard InChI is InChI=1S/C19H30N2O2/c1-5-11-21-13-16(15-9-7-6-8-10-15)12-17(14-21)20-18(22)23-19(2,3)4/h6-10,16-17H,5,11-14H2,1-4H3,(H,20,22). The first-order valence-electron chi connectivity index (χ1n) is 8.64. The molecule has 2 rings (SSSR count). The lowest BCUT2D eigenvalue weighted by Crippen LogP contribution is -2.51. The highest BCUT2D eigenvalue weighted by Crippen LogP contribution is 2.27. The van der Waals surface area contributed by atoms with Gasteiger partial charge in [-0.05, 0) is 51.6 Å². The van der Waals surface area contributed by atoms with Crippen LogP contribution in [0.4, 0.5) is 4.79 Å². The van der Waals surface area contributed by atoms with Gasteiger partial charge < -0.3 is 15.0 Å². The molecule has 1 heterocycles. The summed E-state index contributed by atoms with van der Waals surface area (Å²) in [5.74, 6) is 0.455. The van der Waals surface area contributed by atoms with E-state index in [-0.39, 0.29) is 12.1 Å². The fourth-order valence-corrected chi connectivity index (χ4v) is 3.23. The SMILES string of the molecule is CCCN1CC(NC(=O)OC(C)(C)C)CC(c2ccccc2)C1. The van der Waals surface area contributed by atoms with E-state index in [1.165, 1.54) is 5.56 Å². The molecule has 4 nitrogen and oxygen atoms in total. The fraction of sp³-hybridized carbons (Fsp3) is 0.632. The monoisotopic (exact) mass is 318 g/mol. The number of rotatable bonds is 4. The lowest BCUT2D eigenvalue weighted by atomic mass is 9.88. The maximum Gasteiger partial charge on any atom is 0.407 e. The van der Waals surface area contributed by atoms with Gasteiger partial charge in [0, 0.05) is 19.1 Å². The Morgan fingerprint density at radius 3 is 2.57 bits per heavy atom. The first-order valence-corrected chi connectivity index (χ1v) is 8.64. The van der Waals surface area contributed by atoms with E-state index < -0.39 is 5.60 Å². The summed E-state index contributed by atoms with van der Waals surface area (Å²) in [6.45, 7) is 10.9. The van der Waals surface area contributed by atoms with Crippen LogP contribution in [0.15, 0.2) is 30.3 Å². The van der Waals surface area contributed by atoms with Gasteiger partial charge in [0.05, 0.1) is 0 Å². The largest absolute Gasteiger partial charge is 0.444 e. The van der Waals surface area contributed by atoms with Gasteiger partial charge >= 0.3 is 6.09 Å². The molecule has 1 N–H and O–H groups in total. The maximum atomic E-state index is 12.1. The summed E-state index contributed by atoms with van der Waals surface area (Å²) in [5, 5.41) is 3.06. The van der Waals surface area contributed by atoms with Crippen LogP contribution in [0.25, 0.3) is 0 Å². The molecule has 0 saturated carbocycles. The number of hydrogen-bond donors (Lipinski definition) is 1. The van der Waals surface area contributed by atoms with E-state index in [4.69, 9.17) is 4.74 Å². The molecular formula is C19H30N2O2. The number of ether oxygens (including phenoxy) is 1. The Labute approximate surface area is 140 Å². The smallest absolute Gasteiger partial charge is 0.407 e. The van der Waals surface area contributed by atoms with Crippen molar-refractivity contribution in [3.05, 3.63) is 35.9 Å². The molecule has 1 amide bonds. The Balaban J connectivity index is 2.02. The molecule has 23 heavy (non-hydrogen) atoms. The van der Waals surface area contributed by atoms with E-state index in [2.05, 4.69) is 41.4 Å². The van der Waals surface area contributed by atoms with Crippen molar-refractivity contribution in [2.24, 2.45) is 0 Å². The predicted octanol–water partition coefficient (Wildman–Crippen LogP) is 3.78. The lowest BCUT2D eigenvalue weighted by Gasteiger charge is -2.38.